The van der Waals surface area contributed by atoms with Crippen molar-refractivity contribution in [2.75, 3.05) is 36.8 Å². The van der Waals surface area contributed by atoms with Crippen molar-refractivity contribution < 1.29 is 39.0 Å². The van der Waals surface area contributed by atoms with Gasteiger partial charge in [-0.15, -0.1) is 0 Å². The molecule has 1 amide bonds. The number of carbonyl (C=O) groups is 1. The molecule has 4 rings (SSSR count). The highest BCUT2D eigenvalue weighted by molar-refractivity contribution is 7.92. The second-order valence-corrected chi connectivity index (χ2v) is 13.2. The highest BCUT2D eigenvalue weighted by Crippen LogP contribution is 2.49. The molecule has 1 N–H and O–H groups in total. The zero-order valence-corrected chi connectivity index (χ0v) is 24.2. The number of amides is 1. The molecule has 0 unspecified atom stereocenters. The summed E-state index contributed by atoms with van der Waals surface area (Å²) in [7, 11) is -3.87. The van der Waals surface area contributed by atoms with Crippen LogP contribution in [0.4, 0.5) is 19.3 Å². The molecule has 1 saturated heterocycles. The lowest BCUT2D eigenvalue weighted by Crippen LogP contribution is -2.51. The van der Waals surface area contributed by atoms with Crippen LogP contribution in [0, 0.1) is 11.6 Å². The maximum atomic E-state index is 14.9. The van der Waals surface area contributed by atoms with Crippen LogP contribution in [0.2, 0.25) is 0 Å². The van der Waals surface area contributed by atoms with Crippen LogP contribution < -0.4 is 9.62 Å². The summed E-state index contributed by atoms with van der Waals surface area (Å²) < 4.78 is 82.9. The zero-order valence-electron chi connectivity index (χ0n) is 25.4. The first-order chi connectivity index (χ1) is 20.0. The maximum Gasteiger partial charge on any atom is 0.408 e. The van der Waals surface area contributed by atoms with Gasteiger partial charge >= 0.3 is 6.09 Å². The minimum absolute atomic E-state index is 0.0341. The fraction of sp³-hybridized carbons (Fsp3) is 0.483. The number of hydrogen-bond donors (Lipinski definition) is 1. The van der Waals surface area contributed by atoms with Crippen molar-refractivity contribution in [2.24, 2.45) is 0 Å². The number of sulfonamides is 1. The van der Waals surface area contributed by atoms with Gasteiger partial charge in [0, 0.05) is 31.1 Å². The number of piperidine rings is 1. The predicted molar refractivity (Wildman–Crippen MR) is 149 cm³/mol. The number of benzene rings is 2. The van der Waals surface area contributed by atoms with Crippen LogP contribution in [0.1, 0.15) is 47.5 Å². The Hall–Kier alpha value is -3.47. The van der Waals surface area contributed by atoms with Gasteiger partial charge in [0.1, 0.15) is 29.1 Å². The number of hydrogen-bond acceptors (Lipinski definition) is 7. The summed E-state index contributed by atoms with van der Waals surface area (Å²) in [5.41, 5.74) is -1.51. The quantitative estimate of drug-likeness (QED) is 0.463. The summed E-state index contributed by atoms with van der Waals surface area (Å²) >= 11 is 0. The minimum Gasteiger partial charge on any atom is -0.444 e. The van der Waals surface area contributed by atoms with Gasteiger partial charge < -0.3 is 19.7 Å². The van der Waals surface area contributed by atoms with Crippen molar-refractivity contribution in [3.05, 3.63) is 70.9 Å². The lowest BCUT2D eigenvalue weighted by molar-refractivity contribution is 0.0426. The lowest BCUT2D eigenvalue weighted by Gasteiger charge is -2.42. The Morgan fingerprint density at radius 2 is 1.85 bits per heavy atom. The number of likely N-dealkylation sites (tertiary alicyclic amines) is 1. The molecule has 2 aromatic rings. The van der Waals surface area contributed by atoms with Crippen molar-refractivity contribution in [2.45, 2.75) is 57.2 Å². The molecular weight excluding hydrogens is 556 g/mol. The summed E-state index contributed by atoms with van der Waals surface area (Å²) in [5.74, 6) is 0.0609. The molecule has 1 atom stereocenters. The Balaban J connectivity index is 1.58. The lowest BCUT2D eigenvalue weighted by atomic mass is 9.74. The summed E-state index contributed by atoms with van der Waals surface area (Å²) in [6.07, 6.45) is 0.555. The van der Waals surface area contributed by atoms with Crippen molar-refractivity contribution in [1.29, 1.82) is 0 Å². The first kappa shape index (κ1) is 27.7. The molecule has 0 saturated carbocycles. The first-order valence-electron chi connectivity index (χ1n) is 14.1. The second-order valence-electron chi connectivity index (χ2n) is 11.3. The van der Waals surface area contributed by atoms with Crippen LogP contribution in [0.25, 0.3) is 0 Å². The third-order valence-electron chi connectivity index (χ3n) is 7.10. The molecule has 2 aliphatic heterocycles. The van der Waals surface area contributed by atoms with E-state index in [1.54, 1.807) is 56.0 Å². The summed E-state index contributed by atoms with van der Waals surface area (Å²) in [6, 6.07) is 8.75. The zero-order chi connectivity index (χ0) is 31.8. The number of carbonyl (C=O) groups excluding carboxylic acids is 2. The largest absolute Gasteiger partial charge is 0.444 e. The Kier molecular flexibility index (Phi) is 7.96. The van der Waals surface area contributed by atoms with Gasteiger partial charge in [0.25, 0.3) is 0 Å². The molecule has 0 aromatic heterocycles. The van der Waals surface area contributed by atoms with Gasteiger partial charge in [-0.2, -0.15) is 0 Å². The van der Waals surface area contributed by atoms with E-state index in [-0.39, 0.29) is 55.0 Å². The number of anilines is 1. The van der Waals surface area contributed by atoms with Crippen LogP contribution in [0.3, 0.4) is 0 Å². The van der Waals surface area contributed by atoms with Gasteiger partial charge in [0.15, 0.2) is 5.82 Å². The Labute approximate surface area is 242 Å². The van der Waals surface area contributed by atoms with Crippen LogP contribution in [-0.2, 0) is 36.3 Å². The van der Waals surface area contributed by atoms with Gasteiger partial charge in [0.05, 0.1) is 27.9 Å². The molecule has 0 radical (unpaired) electrons. The molecule has 0 bridgehead atoms. The van der Waals surface area contributed by atoms with E-state index in [1.807, 2.05) is 5.94 Å². The van der Waals surface area contributed by atoms with E-state index in [9.17, 15) is 26.8 Å². The fourth-order valence-electron chi connectivity index (χ4n) is 5.26. The molecule has 2 aliphatic rings. The van der Waals surface area contributed by atoms with Crippen molar-refractivity contribution in [3.8, 4) is 0 Å². The normalized spacial score (nSPS) is 18.2. The molecule has 1 spiro atoms. The summed E-state index contributed by atoms with van der Waals surface area (Å²) in [6.45, 7) is 2.50. The third kappa shape index (κ3) is 7.06. The molecule has 2 heterocycles. The molecule has 12 heteroatoms. The van der Waals surface area contributed by atoms with E-state index in [2.05, 4.69) is 5.32 Å². The fourth-order valence-corrected chi connectivity index (χ4v) is 6.26. The molecule has 2 aromatic carbocycles. The minimum atomic E-state index is -3.87. The van der Waals surface area contributed by atoms with Crippen LogP contribution in [-0.4, -0.2) is 69.5 Å². The predicted octanol–water partition coefficient (Wildman–Crippen LogP) is 3.90. The third-order valence-corrected chi connectivity index (χ3v) is 8.21. The first-order valence-corrected chi connectivity index (χ1v) is 15.0. The topological polar surface area (TPSA) is 105 Å². The Morgan fingerprint density at radius 3 is 2.44 bits per heavy atom. The van der Waals surface area contributed by atoms with Crippen LogP contribution >= 0.6 is 0 Å². The van der Waals surface area contributed by atoms with E-state index in [4.69, 9.17) is 12.2 Å². The number of fused-ring (bicyclic) bond motifs is 2. The van der Waals surface area contributed by atoms with Crippen LogP contribution in [0.5, 0.6) is 0 Å². The second kappa shape index (κ2) is 11.8. The molecular formula is C29H35F2N3O6S. The van der Waals surface area contributed by atoms with Crippen molar-refractivity contribution >= 4 is 27.7 Å². The number of nitrogens with one attached hydrogen (secondary N) is 1. The number of ether oxygens (including phenoxy) is 2. The SMILES string of the molecule is [2H]C([2H])(OC[C@H](NC(=O)OC(C)(C)C)C(=C=O)N1CCC2(CC1)CN(S(C)(=O)=O)c1c(F)cc(F)cc12)c1ccccc1. The number of rotatable bonds is 8. The van der Waals surface area contributed by atoms with Gasteiger partial charge in [-0.1, -0.05) is 30.3 Å². The van der Waals surface area contributed by atoms with Crippen LogP contribution in [0.15, 0.2) is 48.2 Å². The summed E-state index contributed by atoms with van der Waals surface area (Å²) in [5, 5.41) is 2.58. The summed E-state index contributed by atoms with van der Waals surface area (Å²) in [4.78, 5) is 26.7. The van der Waals surface area contributed by atoms with E-state index in [0.717, 1.165) is 16.6 Å². The molecule has 9 nitrogen and oxygen atoms in total. The van der Waals surface area contributed by atoms with E-state index in [0.29, 0.717) is 6.07 Å². The molecule has 41 heavy (non-hydrogen) atoms. The highest BCUT2D eigenvalue weighted by atomic mass is 32.2. The van der Waals surface area contributed by atoms with Crippen molar-refractivity contribution in [1.82, 2.24) is 10.2 Å². The molecule has 0 aliphatic carbocycles. The van der Waals surface area contributed by atoms with E-state index in [1.165, 1.54) is 0 Å². The number of alkyl carbamates (subject to hydrolysis) is 1. The number of halogens is 2. The average molecular weight is 594 g/mol. The van der Waals surface area contributed by atoms with E-state index >= 15 is 0 Å². The highest BCUT2D eigenvalue weighted by Gasteiger charge is 2.49. The maximum absolute atomic E-state index is 14.9. The van der Waals surface area contributed by atoms with Gasteiger partial charge in [0.2, 0.25) is 10.0 Å². The van der Waals surface area contributed by atoms with Gasteiger partial charge in [-0.05, 0) is 50.8 Å². The smallest absolute Gasteiger partial charge is 0.408 e. The number of nitrogens with zero attached hydrogens (tertiary/aromatic N) is 2. The van der Waals surface area contributed by atoms with Crippen molar-refractivity contribution in [3.63, 3.8) is 0 Å². The Morgan fingerprint density at radius 1 is 1.20 bits per heavy atom. The monoisotopic (exact) mass is 593 g/mol. The molecule has 222 valence electrons. The molecule has 1 fully saturated rings. The Bertz CT molecular complexity index is 1520. The van der Waals surface area contributed by atoms with Gasteiger partial charge in [-0.25, -0.2) is 26.8 Å². The average Bonchev–Trinajstić information content (AvgIpc) is 3.22. The standard InChI is InChI=1S/C29H35F2N3O6S/c1-28(2,3)40-27(36)32-24(18-39-17-20-8-6-5-7-9-20)25(16-35)33-12-10-29(11-13-33)19-34(41(4,37)38)26-22(29)14-21(30)15-23(26)31/h5-9,14-15,24H,10-13,17-19H2,1-4H3,(H,32,36)/t24-/m0/s1/i17D2. The van der Waals surface area contributed by atoms with E-state index < -0.39 is 58.0 Å². The van der Waals surface area contributed by atoms with Gasteiger partial charge in [-0.3, -0.25) is 4.31 Å².